The van der Waals surface area contributed by atoms with Crippen LogP contribution < -0.4 is 10.6 Å². The van der Waals surface area contributed by atoms with Gasteiger partial charge in [0, 0.05) is 49.2 Å². The lowest BCUT2D eigenvalue weighted by molar-refractivity contribution is -0.126. The van der Waals surface area contributed by atoms with Gasteiger partial charge in [-0.1, -0.05) is 12.8 Å². The van der Waals surface area contributed by atoms with Crippen molar-refractivity contribution in [2.45, 2.75) is 133 Å². The number of amides is 2. The van der Waals surface area contributed by atoms with E-state index in [0.717, 1.165) is 75.9 Å². The number of carbonyl (C=O) groups excluding carboxylic acids is 2. The Labute approximate surface area is 272 Å². The fraction of sp³-hybridized carbons (Fsp3) is 0.844. The molecule has 13 heteroatoms. The first-order valence-corrected chi connectivity index (χ1v) is 17.7. The topological polar surface area (TPSA) is 151 Å². The first kappa shape index (κ1) is 34.3. The van der Waals surface area contributed by atoms with E-state index in [9.17, 15) is 19.6 Å². The SMILES string of the molecule is COC1CCC2C(C1)C(C1CCC(Cl)CC1)=N[C@@H](CC(=O)NCCCCCNC(=O)C1CCC(B(O)O)CC1)c1nnc(C)n12. The molecule has 3 fully saturated rings. The van der Waals surface area contributed by atoms with Crippen molar-refractivity contribution in [1.29, 1.82) is 0 Å². The Morgan fingerprint density at radius 3 is 2.36 bits per heavy atom. The number of hydrogen-bond acceptors (Lipinski definition) is 8. The molecule has 3 aliphatic carbocycles. The van der Waals surface area contributed by atoms with Crippen LogP contribution in [-0.4, -0.2) is 81.1 Å². The smallest absolute Gasteiger partial charge is 0.427 e. The minimum Gasteiger partial charge on any atom is -0.427 e. The monoisotopic (exact) mass is 646 g/mol. The minimum absolute atomic E-state index is 0.0312. The van der Waals surface area contributed by atoms with Gasteiger partial charge in [0.1, 0.15) is 11.9 Å². The molecule has 0 saturated heterocycles. The predicted octanol–water partition coefficient (Wildman–Crippen LogP) is 4.06. The summed E-state index contributed by atoms with van der Waals surface area (Å²) in [6, 6.07) is -0.140. The highest BCUT2D eigenvalue weighted by Gasteiger charge is 2.43. The quantitative estimate of drug-likeness (QED) is 0.152. The molecule has 1 aliphatic heterocycles. The fourth-order valence-corrected chi connectivity index (χ4v) is 8.40. The average molecular weight is 647 g/mol. The molecule has 2 amide bonds. The van der Waals surface area contributed by atoms with Crippen LogP contribution in [0.25, 0.3) is 0 Å². The van der Waals surface area contributed by atoms with Crippen molar-refractivity contribution in [1.82, 2.24) is 25.4 Å². The zero-order valence-corrected chi connectivity index (χ0v) is 27.8. The Hall–Kier alpha value is -2.02. The van der Waals surface area contributed by atoms with Crippen molar-refractivity contribution in [3.05, 3.63) is 11.6 Å². The number of aryl methyl sites for hydroxylation is 1. The summed E-state index contributed by atoms with van der Waals surface area (Å²) in [5, 5.41) is 34.1. The Kier molecular flexibility index (Phi) is 12.4. The Balaban J connectivity index is 1.12. The number of halogens is 1. The normalized spacial score (nSPS) is 31.6. The van der Waals surface area contributed by atoms with Gasteiger partial charge in [0.25, 0.3) is 0 Å². The second kappa shape index (κ2) is 16.2. The van der Waals surface area contributed by atoms with Crippen molar-refractivity contribution in [3.63, 3.8) is 0 Å². The molecule has 4 atom stereocenters. The van der Waals surface area contributed by atoms with Gasteiger partial charge in [-0.3, -0.25) is 14.6 Å². The van der Waals surface area contributed by atoms with E-state index in [0.29, 0.717) is 44.7 Å². The maximum atomic E-state index is 13.2. The highest BCUT2D eigenvalue weighted by molar-refractivity contribution is 6.43. The number of aliphatic imine (C=N–C) groups is 1. The van der Waals surface area contributed by atoms with E-state index in [4.69, 9.17) is 21.3 Å². The number of rotatable bonds is 12. The number of aromatic nitrogens is 3. The number of carbonyl (C=O) groups is 2. The number of unbranched alkanes of at least 4 members (excludes halogenated alkanes) is 2. The second-order valence-electron chi connectivity index (χ2n) is 13.8. The number of ether oxygens (including phenoxy) is 1. The zero-order chi connectivity index (χ0) is 31.9. The number of nitrogens with zero attached hydrogens (tertiary/aromatic N) is 4. The van der Waals surface area contributed by atoms with Crippen molar-refractivity contribution in [2.75, 3.05) is 20.2 Å². The Bertz CT molecular complexity index is 1170. The third kappa shape index (κ3) is 8.67. The largest absolute Gasteiger partial charge is 0.454 e. The molecule has 0 radical (unpaired) electrons. The summed E-state index contributed by atoms with van der Waals surface area (Å²) >= 11 is 6.49. The van der Waals surface area contributed by atoms with Crippen LogP contribution >= 0.6 is 11.6 Å². The van der Waals surface area contributed by atoms with E-state index < -0.39 is 7.12 Å². The van der Waals surface area contributed by atoms with Crippen LogP contribution in [0.15, 0.2) is 4.99 Å². The third-order valence-electron chi connectivity index (χ3n) is 10.8. The second-order valence-corrected chi connectivity index (χ2v) is 14.4. The molecule has 4 N–H and O–H groups in total. The molecule has 45 heavy (non-hydrogen) atoms. The van der Waals surface area contributed by atoms with Crippen LogP contribution in [0.2, 0.25) is 5.82 Å². The minimum atomic E-state index is -1.29. The van der Waals surface area contributed by atoms with Gasteiger partial charge in [0.05, 0.1) is 12.5 Å². The molecule has 11 nitrogen and oxygen atoms in total. The van der Waals surface area contributed by atoms with Crippen molar-refractivity contribution >= 4 is 36.2 Å². The standard InChI is InChI=1S/C32H52BClN6O5/c1-20-38-39-31-27(19-29(41)35-16-4-3-5-17-36-32(42)22-6-10-23(11-7-22)33(43)44)37-30(21-8-12-24(34)13-9-21)26-18-25(45-2)14-15-28(26)40(20)31/h21-28,43-44H,3-19H2,1-2H3,(H,35,41)(H,36,42)/t21?,22?,23?,24?,25?,26?,27-,28?/m0/s1. The lowest BCUT2D eigenvalue weighted by Gasteiger charge is -2.39. The van der Waals surface area contributed by atoms with E-state index in [1.807, 2.05) is 6.92 Å². The molecule has 0 bridgehead atoms. The Morgan fingerprint density at radius 1 is 0.956 bits per heavy atom. The van der Waals surface area contributed by atoms with Gasteiger partial charge in [-0.25, -0.2) is 0 Å². The molecule has 0 aromatic carbocycles. The van der Waals surface area contributed by atoms with Gasteiger partial charge in [0.15, 0.2) is 5.82 Å². The van der Waals surface area contributed by atoms with Gasteiger partial charge >= 0.3 is 7.12 Å². The summed E-state index contributed by atoms with van der Waals surface area (Å²) in [6.45, 7) is 3.20. The summed E-state index contributed by atoms with van der Waals surface area (Å²) in [5.74, 6) is 2.16. The van der Waals surface area contributed by atoms with Crippen LogP contribution in [-0.2, 0) is 14.3 Å². The molecule has 0 spiro atoms. The lowest BCUT2D eigenvalue weighted by atomic mass is 9.63. The summed E-state index contributed by atoms with van der Waals surface area (Å²) in [4.78, 5) is 31.1. The fourth-order valence-electron chi connectivity index (χ4n) is 8.14. The highest BCUT2D eigenvalue weighted by atomic mass is 35.5. The van der Waals surface area contributed by atoms with E-state index in [2.05, 4.69) is 25.4 Å². The first-order valence-electron chi connectivity index (χ1n) is 17.3. The van der Waals surface area contributed by atoms with Crippen molar-refractivity contribution in [3.8, 4) is 0 Å². The molecule has 1 aromatic heterocycles. The number of fused-ring (bicyclic) bond motifs is 3. The van der Waals surface area contributed by atoms with Crippen LogP contribution in [0, 0.1) is 24.7 Å². The van der Waals surface area contributed by atoms with Crippen LogP contribution in [0.5, 0.6) is 0 Å². The molecular weight excluding hydrogens is 595 g/mol. The molecule has 3 saturated carbocycles. The van der Waals surface area contributed by atoms with E-state index in [1.54, 1.807) is 7.11 Å². The number of methoxy groups -OCH3 is 1. The summed E-state index contributed by atoms with van der Waals surface area (Å²) < 4.78 is 8.11. The molecular formula is C32H52BClN6O5. The summed E-state index contributed by atoms with van der Waals surface area (Å²) in [7, 11) is 0.514. The highest BCUT2D eigenvalue weighted by Crippen LogP contribution is 2.45. The van der Waals surface area contributed by atoms with E-state index in [1.165, 1.54) is 5.71 Å². The molecule has 3 unspecified atom stereocenters. The van der Waals surface area contributed by atoms with E-state index >= 15 is 0 Å². The Morgan fingerprint density at radius 2 is 1.67 bits per heavy atom. The van der Waals surface area contributed by atoms with Gasteiger partial charge in [-0.2, -0.15) is 0 Å². The average Bonchev–Trinajstić information content (AvgIpc) is 3.37. The molecule has 5 rings (SSSR count). The summed E-state index contributed by atoms with van der Waals surface area (Å²) in [5.41, 5.74) is 1.23. The van der Waals surface area contributed by atoms with Crippen LogP contribution in [0.1, 0.15) is 120 Å². The van der Waals surface area contributed by atoms with Gasteiger partial charge in [0.2, 0.25) is 11.8 Å². The molecule has 1 aromatic rings. The lowest BCUT2D eigenvalue weighted by Crippen LogP contribution is -2.39. The maximum Gasteiger partial charge on any atom is 0.454 e. The summed E-state index contributed by atoms with van der Waals surface area (Å²) in [6.07, 6.45) is 12.7. The van der Waals surface area contributed by atoms with E-state index in [-0.39, 0.29) is 59.5 Å². The van der Waals surface area contributed by atoms with Crippen molar-refractivity contribution < 1.29 is 24.4 Å². The number of nitrogens with one attached hydrogen (secondary N) is 2. The molecule has 4 aliphatic rings. The maximum absolute atomic E-state index is 13.2. The van der Waals surface area contributed by atoms with Gasteiger partial charge in [-0.05, 0) is 95.7 Å². The number of hydrogen-bond donors (Lipinski definition) is 4. The number of alkyl halides is 1. The van der Waals surface area contributed by atoms with Crippen LogP contribution in [0.4, 0.5) is 0 Å². The molecule has 250 valence electrons. The first-order chi connectivity index (χ1) is 21.7. The molecule has 2 heterocycles. The van der Waals surface area contributed by atoms with Crippen LogP contribution in [0.3, 0.4) is 0 Å². The third-order valence-corrected chi connectivity index (χ3v) is 11.2. The van der Waals surface area contributed by atoms with Gasteiger partial charge < -0.3 is 30.0 Å². The van der Waals surface area contributed by atoms with Crippen molar-refractivity contribution in [2.24, 2.45) is 22.7 Å². The van der Waals surface area contributed by atoms with Gasteiger partial charge in [-0.15, -0.1) is 21.8 Å². The predicted molar refractivity (Wildman–Crippen MR) is 174 cm³/mol. The zero-order valence-electron chi connectivity index (χ0n) is 27.0.